The summed E-state index contributed by atoms with van der Waals surface area (Å²) in [5, 5.41) is 10.6. The zero-order valence-corrected chi connectivity index (χ0v) is 32.5. The van der Waals surface area contributed by atoms with Gasteiger partial charge < -0.3 is 20.2 Å². The SMILES string of the molecule is O=C(C=Cc1ccccc1)N(CCCc1ccccc1)Cc1cccc(-c2cccc(C(=O)N3CCC(CCCC4CCNCC4)CC3)c2)c1.O=C(O)C(F)(F)F. The number of aliphatic carboxylic acids is 1. The molecule has 0 spiro atoms. The number of rotatable bonds is 14. The topological polar surface area (TPSA) is 90.0 Å². The minimum atomic E-state index is -5.08. The monoisotopic (exact) mass is 781 g/mol. The van der Waals surface area contributed by atoms with Crippen LogP contribution in [-0.2, 0) is 22.6 Å². The second-order valence-electron chi connectivity index (χ2n) is 15.0. The van der Waals surface area contributed by atoms with E-state index in [-0.39, 0.29) is 11.8 Å². The van der Waals surface area contributed by atoms with Crippen LogP contribution in [0.2, 0.25) is 0 Å². The van der Waals surface area contributed by atoms with Crippen LogP contribution in [0.4, 0.5) is 13.2 Å². The van der Waals surface area contributed by atoms with Crippen molar-refractivity contribution in [2.24, 2.45) is 11.8 Å². The summed E-state index contributed by atoms with van der Waals surface area (Å²) in [4.78, 5) is 40.1. The van der Waals surface area contributed by atoms with Crippen LogP contribution in [-0.4, -0.2) is 71.6 Å². The highest BCUT2D eigenvalue weighted by Crippen LogP contribution is 2.28. The third-order valence-electron chi connectivity index (χ3n) is 10.8. The van der Waals surface area contributed by atoms with Crippen LogP contribution in [0.5, 0.6) is 0 Å². The summed E-state index contributed by atoms with van der Waals surface area (Å²) in [6, 6.07) is 36.9. The number of carbonyl (C=O) groups is 3. The molecule has 0 atom stereocenters. The van der Waals surface area contributed by atoms with E-state index in [0.717, 1.165) is 78.4 Å². The van der Waals surface area contributed by atoms with Gasteiger partial charge in [-0.1, -0.05) is 110 Å². The number of benzene rings is 4. The Balaban J connectivity index is 0.000000811. The molecular formula is C47H54F3N3O4. The summed E-state index contributed by atoms with van der Waals surface area (Å²) in [6.45, 7) is 5.25. The molecule has 0 bridgehead atoms. The summed E-state index contributed by atoms with van der Waals surface area (Å²) in [5.74, 6) is -0.970. The van der Waals surface area contributed by atoms with Gasteiger partial charge in [0.05, 0.1) is 0 Å². The number of hydrogen-bond acceptors (Lipinski definition) is 4. The van der Waals surface area contributed by atoms with Crippen LogP contribution in [0, 0.1) is 11.8 Å². The lowest BCUT2D eigenvalue weighted by atomic mass is 9.87. The fraction of sp³-hybridized carbons (Fsp3) is 0.383. The first-order valence-electron chi connectivity index (χ1n) is 20.1. The van der Waals surface area contributed by atoms with Gasteiger partial charge in [-0.15, -0.1) is 0 Å². The number of nitrogens with zero attached hydrogens (tertiary/aromatic N) is 2. The van der Waals surface area contributed by atoms with E-state index in [4.69, 9.17) is 9.90 Å². The lowest BCUT2D eigenvalue weighted by molar-refractivity contribution is -0.192. The third-order valence-corrected chi connectivity index (χ3v) is 10.8. The Labute approximate surface area is 334 Å². The van der Waals surface area contributed by atoms with Crippen molar-refractivity contribution in [2.75, 3.05) is 32.7 Å². The summed E-state index contributed by atoms with van der Waals surface area (Å²) in [6.07, 6.45) is 9.18. The normalized spacial score (nSPS) is 15.2. The Morgan fingerprint density at radius 1 is 0.737 bits per heavy atom. The Morgan fingerprint density at radius 3 is 1.96 bits per heavy atom. The number of alkyl halides is 3. The summed E-state index contributed by atoms with van der Waals surface area (Å²) < 4.78 is 31.7. The number of piperidine rings is 2. The van der Waals surface area contributed by atoms with Gasteiger partial charge in [0.15, 0.2) is 0 Å². The van der Waals surface area contributed by atoms with Crippen molar-refractivity contribution in [3.8, 4) is 11.1 Å². The lowest BCUT2D eigenvalue weighted by Gasteiger charge is -2.32. The van der Waals surface area contributed by atoms with Gasteiger partial charge in [0, 0.05) is 37.8 Å². The molecule has 10 heteroatoms. The first-order valence-corrected chi connectivity index (χ1v) is 20.1. The first-order chi connectivity index (χ1) is 27.5. The fourth-order valence-electron chi connectivity index (χ4n) is 7.60. The van der Waals surface area contributed by atoms with E-state index in [1.54, 1.807) is 6.08 Å². The van der Waals surface area contributed by atoms with Crippen molar-refractivity contribution in [1.82, 2.24) is 15.1 Å². The Bertz CT molecular complexity index is 1890. The third kappa shape index (κ3) is 14.3. The number of aryl methyl sites for hydroxylation is 1. The number of hydrogen-bond donors (Lipinski definition) is 2. The molecule has 2 amide bonds. The summed E-state index contributed by atoms with van der Waals surface area (Å²) in [7, 11) is 0. The Morgan fingerprint density at radius 2 is 1.32 bits per heavy atom. The van der Waals surface area contributed by atoms with Gasteiger partial charge in [0.2, 0.25) is 5.91 Å². The second kappa shape index (κ2) is 21.9. The largest absolute Gasteiger partial charge is 0.490 e. The number of likely N-dealkylation sites (tertiary alicyclic amines) is 1. The number of carbonyl (C=O) groups excluding carboxylic acids is 2. The standard InChI is InChI=1S/C45H53N3O2.C2HF3O2/c49-44(23-22-37-13-5-2-6-14-37)48(30-10-18-36-11-3-1-4-12-36)35-40-17-8-19-41(33-40)42-20-9-21-43(34-42)45(50)47-31-26-39(27-32-47)16-7-15-38-24-28-46-29-25-38;3-2(4,5)1(6)7/h1-6,8-9,11-14,17,19-23,33-34,38-39,46H,7,10,15-16,18,24-32,35H2;(H,6,7). The van der Waals surface area contributed by atoms with Crippen molar-refractivity contribution in [3.63, 3.8) is 0 Å². The van der Waals surface area contributed by atoms with Gasteiger partial charge >= 0.3 is 12.1 Å². The Hall–Kier alpha value is -5.22. The maximum absolute atomic E-state index is 13.6. The molecule has 2 heterocycles. The van der Waals surface area contributed by atoms with Crippen LogP contribution in [0.25, 0.3) is 17.2 Å². The van der Waals surface area contributed by atoms with E-state index >= 15 is 0 Å². The number of nitrogens with one attached hydrogen (secondary N) is 1. The van der Waals surface area contributed by atoms with E-state index in [1.165, 1.54) is 50.8 Å². The molecule has 0 radical (unpaired) electrons. The average molecular weight is 782 g/mol. The highest BCUT2D eigenvalue weighted by atomic mass is 19.4. The molecule has 6 rings (SSSR count). The molecule has 0 saturated carbocycles. The van der Waals surface area contributed by atoms with Crippen LogP contribution >= 0.6 is 0 Å². The van der Waals surface area contributed by atoms with E-state index < -0.39 is 12.1 Å². The predicted octanol–water partition coefficient (Wildman–Crippen LogP) is 9.68. The number of halogens is 3. The predicted molar refractivity (Wildman–Crippen MR) is 219 cm³/mol. The van der Waals surface area contributed by atoms with Gasteiger partial charge in [-0.05, 0) is 116 Å². The van der Waals surface area contributed by atoms with Crippen molar-refractivity contribution in [3.05, 3.63) is 138 Å². The van der Waals surface area contributed by atoms with Crippen molar-refractivity contribution in [1.29, 1.82) is 0 Å². The quantitative estimate of drug-likeness (QED) is 0.125. The molecule has 4 aromatic rings. The molecule has 302 valence electrons. The van der Waals surface area contributed by atoms with E-state index in [9.17, 15) is 22.8 Å². The summed E-state index contributed by atoms with van der Waals surface area (Å²) in [5.41, 5.74) is 6.19. The van der Waals surface area contributed by atoms with E-state index in [0.29, 0.717) is 13.1 Å². The molecule has 2 saturated heterocycles. The zero-order valence-electron chi connectivity index (χ0n) is 32.5. The van der Waals surface area contributed by atoms with E-state index in [2.05, 4.69) is 64.8 Å². The molecule has 0 unspecified atom stereocenters. The molecule has 2 aliphatic rings. The second-order valence-corrected chi connectivity index (χ2v) is 15.0. The van der Waals surface area contributed by atoms with Crippen molar-refractivity contribution < 1.29 is 32.7 Å². The van der Waals surface area contributed by atoms with Gasteiger partial charge in [-0.25, -0.2) is 4.79 Å². The molecule has 0 aliphatic carbocycles. The fourth-order valence-corrected chi connectivity index (χ4v) is 7.60. The number of carboxylic acids is 1. The smallest absolute Gasteiger partial charge is 0.475 e. The summed E-state index contributed by atoms with van der Waals surface area (Å²) >= 11 is 0. The lowest BCUT2D eigenvalue weighted by Crippen LogP contribution is -2.38. The first kappa shape index (κ1) is 42.9. The molecule has 0 aromatic heterocycles. The Kier molecular flexibility index (Phi) is 16.5. The zero-order chi connectivity index (χ0) is 40.5. The molecule has 2 N–H and O–H groups in total. The van der Waals surface area contributed by atoms with Crippen LogP contribution in [0.15, 0.2) is 115 Å². The minimum absolute atomic E-state index is 0.00505. The minimum Gasteiger partial charge on any atom is -0.475 e. The molecule has 57 heavy (non-hydrogen) atoms. The van der Waals surface area contributed by atoms with E-state index in [1.807, 2.05) is 65.6 Å². The highest BCUT2D eigenvalue weighted by Gasteiger charge is 2.38. The van der Waals surface area contributed by atoms with Crippen molar-refractivity contribution >= 4 is 23.9 Å². The van der Waals surface area contributed by atoms with Gasteiger partial charge in [0.1, 0.15) is 0 Å². The van der Waals surface area contributed by atoms with Gasteiger partial charge in [-0.3, -0.25) is 9.59 Å². The van der Waals surface area contributed by atoms with Gasteiger partial charge in [0.25, 0.3) is 5.91 Å². The molecular weight excluding hydrogens is 728 g/mol. The van der Waals surface area contributed by atoms with Crippen molar-refractivity contribution in [2.45, 2.75) is 70.5 Å². The van der Waals surface area contributed by atoms with Crippen LogP contribution in [0.1, 0.15) is 78.4 Å². The highest BCUT2D eigenvalue weighted by molar-refractivity contribution is 5.95. The number of amides is 2. The number of carboxylic acid groups (broad SMARTS) is 1. The van der Waals surface area contributed by atoms with Crippen LogP contribution in [0.3, 0.4) is 0 Å². The maximum atomic E-state index is 13.6. The molecule has 2 fully saturated rings. The molecule has 2 aliphatic heterocycles. The molecule has 4 aromatic carbocycles. The van der Waals surface area contributed by atoms with Crippen LogP contribution < -0.4 is 5.32 Å². The molecule has 7 nitrogen and oxygen atoms in total. The average Bonchev–Trinajstić information content (AvgIpc) is 3.23. The van der Waals surface area contributed by atoms with Gasteiger partial charge in [-0.2, -0.15) is 13.2 Å². The maximum Gasteiger partial charge on any atom is 0.490 e.